The van der Waals surface area contributed by atoms with E-state index < -0.39 is 0 Å². The van der Waals surface area contributed by atoms with Crippen LogP contribution in [0, 0.1) is 11.8 Å². The number of ether oxygens (including phenoxy) is 2. The van der Waals surface area contributed by atoms with Crippen molar-refractivity contribution in [3.63, 3.8) is 0 Å². The molecule has 0 aliphatic heterocycles. The fourth-order valence-electron chi connectivity index (χ4n) is 3.04. The van der Waals surface area contributed by atoms with Crippen molar-refractivity contribution in [1.82, 2.24) is 0 Å². The molecule has 2 aliphatic carbocycles. The monoisotopic (exact) mass is 314 g/mol. The average Bonchev–Trinajstić information content (AvgIpc) is 2.55. The second-order valence-corrected chi connectivity index (χ2v) is 6.27. The largest absolute Gasteiger partial charge is 0.469 e. The molecule has 0 aromatic heterocycles. The summed E-state index contributed by atoms with van der Waals surface area (Å²) >= 11 is 0. The number of methoxy groups -OCH3 is 2. The summed E-state index contributed by atoms with van der Waals surface area (Å²) in [5.74, 6) is 0.0772. The molecule has 2 saturated carbocycles. The molecule has 0 amide bonds. The topological polar surface area (TPSA) is 105 Å². The number of carbonyl (C=O) groups excluding carboxylic acids is 2. The van der Waals surface area contributed by atoms with Crippen molar-refractivity contribution >= 4 is 11.9 Å². The quantitative estimate of drug-likeness (QED) is 0.746. The summed E-state index contributed by atoms with van der Waals surface area (Å²) in [6.45, 7) is 0. The van der Waals surface area contributed by atoms with Crippen molar-refractivity contribution in [3.8, 4) is 0 Å². The van der Waals surface area contributed by atoms with Crippen LogP contribution >= 0.6 is 0 Å². The Kier molecular flexibility index (Phi) is 8.42. The Morgan fingerprint density at radius 1 is 0.682 bits per heavy atom. The molecule has 0 heterocycles. The molecular weight excluding hydrogens is 284 g/mol. The summed E-state index contributed by atoms with van der Waals surface area (Å²) in [5, 5.41) is 0. The molecule has 2 fully saturated rings. The second kappa shape index (κ2) is 9.79. The van der Waals surface area contributed by atoms with E-state index in [1.165, 1.54) is 14.2 Å². The summed E-state index contributed by atoms with van der Waals surface area (Å²) in [6.07, 6.45) is 7.42. The smallest absolute Gasteiger partial charge is 0.308 e. The molecule has 0 spiro atoms. The first kappa shape index (κ1) is 18.9. The van der Waals surface area contributed by atoms with Crippen molar-refractivity contribution in [3.05, 3.63) is 0 Å². The maximum absolute atomic E-state index is 11.0. The van der Waals surface area contributed by atoms with E-state index in [9.17, 15) is 9.59 Å². The standard InChI is InChI=1S/2C8H15NO2/c2*1-11-8(10)6-2-4-7(9)5-3-6/h2*6-7H,2-5,9H2,1H3. The Morgan fingerprint density at radius 3 is 1.18 bits per heavy atom. The third-order valence-corrected chi connectivity index (χ3v) is 4.61. The summed E-state index contributed by atoms with van der Waals surface area (Å²) in [4.78, 5) is 22.0. The van der Waals surface area contributed by atoms with Crippen LogP contribution in [-0.2, 0) is 19.1 Å². The maximum Gasteiger partial charge on any atom is 0.308 e. The van der Waals surface area contributed by atoms with E-state index in [0.717, 1.165) is 51.4 Å². The predicted molar refractivity (Wildman–Crippen MR) is 83.9 cm³/mol. The van der Waals surface area contributed by atoms with Gasteiger partial charge in [0, 0.05) is 12.1 Å². The molecular formula is C16H30N2O4. The van der Waals surface area contributed by atoms with Crippen molar-refractivity contribution < 1.29 is 19.1 Å². The number of carbonyl (C=O) groups is 2. The Morgan fingerprint density at radius 2 is 0.955 bits per heavy atom. The van der Waals surface area contributed by atoms with Crippen LogP contribution in [0.25, 0.3) is 0 Å². The Hall–Kier alpha value is -1.14. The second-order valence-electron chi connectivity index (χ2n) is 6.27. The lowest BCUT2D eigenvalue weighted by Crippen LogP contribution is -2.30. The van der Waals surface area contributed by atoms with Crippen LogP contribution in [0.5, 0.6) is 0 Å². The summed E-state index contributed by atoms with van der Waals surface area (Å²) in [7, 11) is 2.88. The number of hydrogen-bond donors (Lipinski definition) is 2. The van der Waals surface area contributed by atoms with Gasteiger partial charge in [0.15, 0.2) is 0 Å². The lowest BCUT2D eigenvalue weighted by molar-refractivity contribution is -0.147. The van der Waals surface area contributed by atoms with Crippen molar-refractivity contribution in [2.24, 2.45) is 23.3 Å². The van der Waals surface area contributed by atoms with Gasteiger partial charge in [0.25, 0.3) is 0 Å². The van der Waals surface area contributed by atoms with E-state index in [1.807, 2.05) is 0 Å². The molecule has 0 atom stereocenters. The van der Waals surface area contributed by atoms with E-state index in [-0.39, 0.29) is 23.8 Å². The first-order chi connectivity index (χ1) is 10.5. The van der Waals surface area contributed by atoms with E-state index in [1.54, 1.807) is 0 Å². The van der Waals surface area contributed by atoms with Crippen molar-refractivity contribution in [2.75, 3.05) is 14.2 Å². The summed E-state index contributed by atoms with van der Waals surface area (Å²) in [6, 6.07) is 0.604. The van der Waals surface area contributed by atoms with Crippen LogP contribution in [0.2, 0.25) is 0 Å². The van der Waals surface area contributed by atoms with Crippen molar-refractivity contribution in [2.45, 2.75) is 63.5 Å². The summed E-state index contributed by atoms with van der Waals surface area (Å²) < 4.78 is 9.29. The zero-order chi connectivity index (χ0) is 16.5. The fourth-order valence-corrected chi connectivity index (χ4v) is 3.04. The van der Waals surface area contributed by atoms with E-state index in [0.29, 0.717) is 12.1 Å². The van der Waals surface area contributed by atoms with Gasteiger partial charge in [-0.15, -0.1) is 0 Å². The molecule has 2 rings (SSSR count). The van der Waals surface area contributed by atoms with Crippen molar-refractivity contribution in [1.29, 1.82) is 0 Å². The average molecular weight is 314 g/mol. The lowest BCUT2D eigenvalue weighted by Gasteiger charge is -2.23. The minimum atomic E-state index is -0.0723. The third kappa shape index (κ3) is 6.32. The van der Waals surface area contributed by atoms with Crippen LogP contribution < -0.4 is 11.5 Å². The Balaban J connectivity index is 0.000000220. The van der Waals surface area contributed by atoms with Gasteiger partial charge in [-0.05, 0) is 51.4 Å². The molecule has 0 unspecified atom stereocenters. The van der Waals surface area contributed by atoms with Crippen LogP contribution in [0.4, 0.5) is 0 Å². The Labute approximate surface area is 132 Å². The zero-order valence-electron chi connectivity index (χ0n) is 13.8. The Bertz CT molecular complexity index is 312. The van der Waals surface area contributed by atoms with E-state index in [4.69, 9.17) is 11.5 Å². The highest BCUT2D eigenvalue weighted by molar-refractivity contribution is 5.72. The van der Waals surface area contributed by atoms with Crippen LogP contribution in [-0.4, -0.2) is 38.2 Å². The lowest BCUT2D eigenvalue weighted by atomic mass is 9.87. The molecule has 6 nitrogen and oxygen atoms in total. The highest BCUT2D eigenvalue weighted by atomic mass is 16.5. The summed E-state index contributed by atoms with van der Waals surface area (Å²) in [5.41, 5.74) is 11.4. The minimum absolute atomic E-state index is 0.0723. The molecule has 22 heavy (non-hydrogen) atoms. The first-order valence-electron chi connectivity index (χ1n) is 8.14. The van der Waals surface area contributed by atoms with Crippen LogP contribution in [0.15, 0.2) is 0 Å². The minimum Gasteiger partial charge on any atom is -0.469 e. The van der Waals surface area contributed by atoms with Gasteiger partial charge >= 0.3 is 11.9 Å². The molecule has 6 heteroatoms. The molecule has 0 radical (unpaired) electrons. The van der Waals surface area contributed by atoms with Gasteiger partial charge in [-0.3, -0.25) is 9.59 Å². The highest BCUT2D eigenvalue weighted by Gasteiger charge is 2.25. The fraction of sp³-hybridized carbons (Fsp3) is 0.875. The molecule has 0 aromatic rings. The molecule has 4 N–H and O–H groups in total. The van der Waals surface area contributed by atoms with E-state index >= 15 is 0 Å². The number of esters is 2. The SMILES string of the molecule is COC(=O)C1CCC(N)CC1.COC(=O)C1CCC(N)CC1. The molecule has 0 bridgehead atoms. The van der Waals surface area contributed by atoms with Gasteiger partial charge in [-0.2, -0.15) is 0 Å². The normalized spacial score (nSPS) is 31.5. The van der Waals surface area contributed by atoms with E-state index in [2.05, 4.69) is 9.47 Å². The third-order valence-electron chi connectivity index (χ3n) is 4.61. The highest BCUT2D eigenvalue weighted by Crippen LogP contribution is 2.24. The molecule has 0 aromatic carbocycles. The number of rotatable bonds is 2. The van der Waals surface area contributed by atoms with Gasteiger partial charge in [0.2, 0.25) is 0 Å². The number of hydrogen-bond acceptors (Lipinski definition) is 6. The van der Waals surface area contributed by atoms with Gasteiger partial charge in [-0.25, -0.2) is 0 Å². The van der Waals surface area contributed by atoms with Crippen LogP contribution in [0.1, 0.15) is 51.4 Å². The zero-order valence-corrected chi connectivity index (χ0v) is 13.8. The predicted octanol–water partition coefficient (Wildman–Crippen LogP) is 1.35. The molecule has 0 saturated heterocycles. The van der Waals surface area contributed by atoms with Crippen LogP contribution in [0.3, 0.4) is 0 Å². The number of nitrogens with two attached hydrogens (primary N) is 2. The molecule has 2 aliphatic rings. The van der Waals surface area contributed by atoms with Gasteiger partial charge in [0.1, 0.15) is 0 Å². The maximum atomic E-state index is 11.0. The van der Waals surface area contributed by atoms with Gasteiger partial charge in [0.05, 0.1) is 26.1 Å². The van der Waals surface area contributed by atoms with Gasteiger partial charge in [-0.1, -0.05) is 0 Å². The first-order valence-corrected chi connectivity index (χ1v) is 8.14. The molecule has 128 valence electrons. The van der Waals surface area contributed by atoms with Gasteiger partial charge < -0.3 is 20.9 Å².